The molecule has 22 heavy (non-hydrogen) atoms. The summed E-state index contributed by atoms with van der Waals surface area (Å²) in [7, 11) is 0. The van der Waals surface area contributed by atoms with Gasteiger partial charge in [0.15, 0.2) is 6.10 Å². The highest BCUT2D eigenvalue weighted by Crippen LogP contribution is 2.38. The van der Waals surface area contributed by atoms with Gasteiger partial charge in [-0.15, -0.1) is 0 Å². The van der Waals surface area contributed by atoms with Crippen LogP contribution in [0.25, 0.3) is 0 Å². The van der Waals surface area contributed by atoms with Crippen molar-refractivity contribution in [1.82, 2.24) is 14.9 Å². The van der Waals surface area contributed by atoms with Crippen LogP contribution in [0, 0.1) is 6.92 Å². The van der Waals surface area contributed by atoms with Crippen LogP contribution in [-0.2, 0) is 4.74 Å². The first-order valence-electron chi connectivity index (χ1n) is 7.17. The fourth-order valence-corrected chi connectivity index (χ4v) is 2.44. The standard InChI is InChI=1S/C14H16F3N3O2/c1-8-10(6-18-12(19-8)9-2-3-9)13(21)20-4-5-22-11(7-20)14(15,16)17/h6,9,11H,2-5,7H2,1H3/t11-/m1/s1. The predicted octanol–water partition coefficient (Wildman–Crippen LogP) is 2.07. The number of aromatic nitrogens is 2. The summed E-state index contributed by atoms with van der Waals surface area (Å²) in [4.78, 5) is 22.0. The average molecular weight is 315 g/mol. The summed E-state index contributed by atoms with van der Waals surface area (Å²) in [5, 5.41) is 0. The first-order valence-corrected chi connectivity index (χ1v) is 7.17. The number of rotatable bonds is 2. The van der Waals surface area contributed by atoms with Crippen LogP contribution >= 0.6 is 0 Å². The minimum absolute atomic E-state index is 0.129. The van der Waals surface area contributed by atoms with Crippen LogP contribution in [-0.4, -0.2) is 52.8 Å². The number of aryl methyl sites for hydroxylation is 1. The summed E-state index contributed by atoms with van der Waals surface area (Å²) in [5.41, 5.74) is 0.768. The van der Waals surface area contributed by atoms with E-state index in [1.807, 2.05) is 0 Å². The minimum atomic E-state index is -4.47. The largest absolute Gasteiger partial charge is 0.416 e. The van der Waals surface area contributed by atoms with Crippen molar-refractivity contribution in [3.63, 3.8) is 0 Å². The third kappa shape index (κ3) is 3.06. The Morgan fingerprint density at radius 3 is 2.73 bits per heavy atom. The van der Waals surface area contributed by atoms with Crippen molar-refractivity contribution < 1.29 is 22.7 Å². The molecule has 1 aromatic rings. The second kappa shape index (κ2) is 5.49. The summed E-state index contributed by atoms with van der Waals surface area (Å²) < 4.78 is 42.9. The van der Waals surface area contributed by atoms with E-state index >= 15 is 0 Å². The van der Waals surface area contributed by atoms with E-state index in [-0.39, 0.29) is 18.7 Å². The molecule has 8 heteroatoms. The number of halogens is 3. The van der Waals surface area contributed by atoms with Gasteiger partial charge in [-0.3, -0.25) is 4.79 Å². The van der Waals surface area contributed by atoms with E-state index in [9.17, 15) is 18.0 Å². The molecular weight excluding hydrogens is 299 g/mol. The Bertz CT molecular complexity index is 587. The molecule has 1 aromatic heterocycles. The molecule has 0 radical (unpaired) electrons. The lowest BCUT2D eigenvalue weighted by molar-refractivity contribution is -0.233. The highest BCUT2D eigenvalue weighted by Gasteiger charge is 2.44. The van der Waals surface area contributed by atoms with Crippen molar-refractivity contribution in [1.29, 1.82) is 0 Å². The molecular formula is C14H16F3N3O2. The maximum atomic E-state index is 12.7. The lowest BCUT2D eigenvalue weighted by atomic mass is 10.1. The number of hydrogen-bond acceptors (Lipinski definition) is 4. The topological polar surface area (TPSA) is 55.3 Å². The smallest absolute Gasteiger partial charge is 0.365 e. The summed E-state index contributed by atoms with van der Waals surface area (Å²) in [6.07, 6.45) is -2.89. The number of ether oxygens (including phenoxy) is 1. The first-order chi connectivity index (χ1) is 10.4. The molecule has 120 valence electrons. The van der Waals surface area contributed by atoms with E-state index in [1.165, 1.54) is 6.20 Å². The maximum absolute atomic E-state index is 12.7. The quantitative estimate of drug-likeness (QED) is 0.838. The van der Waals surface area contributed by atoms with Gasteiger partial charge in [0.1, 0.15) is 5.82 Å². The van der Waals surface area contributed by atoms with Crippen molar-refractivity contribution in [2.45, 2.75) is 38.0 Å². The zero-order chi connectivity index (χ0) is 15.9. The molecule has 2 fully saturated rings. The second-order valence-corrected chi connectivity index (χ2v) is 5.65. The zero-order valence-electron chi connectivity index (χ0n) is 12.1. The van der Waals surface area contributed by atoms with Gasteiger partial charge in [0.25, 0.3) is 5.91 Å². The molecule has 1 atom stereocenters. The lowest BCUT2D eigenvalue weighted by Crippen LogP contribution is -2.51. The minimum Gasteiger partial charge on any atom is -0.365 e. The molecule has 0 spiro atoms. The number of carbonyl (C=O) groups excluding carboxylic acids is 1. The van der Waals surface area contributed by atoms with E-state index in [1.54, 1.807) is 6.92 Å². The van der Waals surface area contributed by atoms with E-state index in [2.05, 4.69) is 9.97 Å². The Hall–Kier alpha value is -1.70. The Kier molecular flexibility index (Phi) is 3.80. The number of amides is 1. The number of alkyl halides is 3. The molecule has 2 aliphatic rings. The lowest BCUT2D eigenvalue weighted by Gasteiger charge is -2.33. The molecule has 0 aromatic carbocycles. The Labute approximate surface area is 125 Å². The molecule has 1 amide bonds. The van der Waals surface area contributed by atoms with Gasteiger partial charge in [0, 0.05) is 18.7 Å². The highest BCUT2D eigenvalue weighted by atomic mass is 19.4. The molecule has 1 saturated carbocycles. The second-order valence-electron chi connectivity index (χ2n) is 5.65. The number of morpholine rings is 1. The van der Waals surface area contributed by atoms with Gasteiger partial charge in [-0.05, 0) is 19.8 Å². The molecule has 3 rings (SSSR count). The van der Waals surface area contributed by atoms with Crippen LogP contribution in [0.4, 0.5) is 13.2 Å². The van der Waals surface area contributed by atoms with Gasteiger partial charge in [-0.2, -0.15) is 13.2 Å². The van der Waals surface area contributed by atoms with Gasteiger partial charge in [0.2, 0.25) is 0 Å². The monoisotopic (exact) mass is 315 g/mol. The van der Waals surface area contributed by atoms with Gasteiger partial charge in [0.05, 0.1) is 24.4 Å². The van der Waals surface area contributed by atoms with Crippen molar-refractivity contribution in [2.75, 3.05) is 19.7 Å². The van der Waals surface area contributed by atoms with E-state index < -0.39 is 24.7 Å². The molecule has 0 bridgehead atoms. The van der Waals surface area contributed by atoms with E-state index in [0.717, 1.165) is 17.7 Å². The number of carbonyl (C=O) groups is 1. The fourth-order valence-electron chi connectivity index (χ4n) is 2.44. The Morgan fingerprint density at radius 2 is 2.14 bits per heavy atom. The highest BCUT2D eigenvalue weighted by molar-refractivity contribution is 5.95. The fraction of sp³-hybridized carbons (Fsp3) is 0.643. The van der Waals surface area contributed by atoms with Crippen molar-refractivity contribution >= 4 is 5.91 Å². The van der Waals surface area contributed by atoms with Crippen LogP contribution in [0.15, 0.2) is 6.20 Å². The Morgan fingerprint density at radius 1 is 1.41 bits per heavy atom. The van der Waals surface area contributed by atoms with Crippen LogP contribution < -0.4 is 0 Å². The molecule has 5 nitrogen and oxygen atoms in total. The van der Waals surface area contributed by atoms with Crippen molar-refractivity contribution in [3.05, 3.63) is 23.3 Å². The molecule has 0 N–H and O–H groups in total. The summed E-state index contributed by atoms with van der Waals surface area (Å²) in [6.45, 7) is 1.19. The van der Waals surface area contributed by atoms with Crippen LogP contribution in [0.3, 0.4) is 0 Å². The zero-order valence-corrected chi connectivity index (χ0v) is 12.1. The van der Waals surface area contributed by atoms with Gasteiger partial charge < -0.3 is 9.64 Å². The molecule has 1 aliphatic carbocycles. The van der Waals surface area contributed by atoms with Gasteiger partial charge in [-0.25, -0.2) is 9.97 Å². The maximum Gasteiger partial charge on any atom is 0.416 e. The van der Waals surface area contributed by atoms with Crippen molar-refractivity contribution in [3.8, 4) is 0 Å². The summed E-state index contributed by atoms with van der Waals surface area (Å²) >= 11 is 0. The van der Waals surface area contributed by atoms with E-state index in [4.69, 9.17) is 4.74 Å². The van der Waals surface area contributed by atoms with Crippen LogP contribution in [0.2, 0.25) is 0 Å². The van der Waals surface area contributed by atoms with Gasteiger partial charge >= 0.3 is 6.18 Å². The van der Waals surface area contributed by atoms with Crippen molar-refractivity contribution in [2.24, 2.45) is 0 Å². The third-order valence-corrected chi connectivity index (χ3v) is 3.89. The first kappa shape index (κ1) is 15.2. The molecule has 2 heterocycles. The predicted molar refractivity (Wildman–Crippen MR) is 70.4 cm³/mol. The Balaban J connectivity index is 1.75. The van der Waals surface area contributed by atoms with Crippen LogP contribution in [0.1, 0.15) is 40.6 Å². The summed E-state index contributed by atoms with van der Waals surface area (Å²) in [6, 6.07) is 0. The average Bonchev–Trinajstić information content (AvgIpc) is 3.30. The van der Waals surface area contributed by atoms with E-state index in [0.29, 0.717) is 17.4 Å². The molecule has 0 unspecified atom stereocenters. The third-order valence-electron chi connectivity index (χ3n) is 3.89. The van der Waals surface area contributed by atoms with Crippen LogP contribution in [0.5, 0.6) is 0 Å². The molecule has 1 saturated heterocycles. The SMILES string of the molecule is Cc1nc(C2CC2)ncc1C(=O)N1CCO[C@@H](C(F)(F)F)C1. The van der Waals surface area contributed by atoms with Gasteiger partial charge in [-0.1, -0.05) is 0 Å². The summed E-state index contributed by atoms with van der Waals surface area (Å²) in [5.74, 6) is 0.599. The normalized spacial score (nSPS) is 22.7. The molecule has 1 aliphatic heterocycles. The number of nitrogens with zero attached hydrogens (tertiary/aromatic N) is 3. The number of hydrogen-bond donors (Lipinski definition) is 0.